The van der Waals surface area contributed by atoms with Crippen molar-refractivity contribution in [3.63, 3.8) is 0 Å². The maximum Gasteiger partial charge on any atom is 0.287 e. The van der Waals surface area contributed by atoms with Crippen LogP contribution in [-0.2, 0) is 16.9 Å². The first-order valence-electron chi connectivity index (χ1n) is 10.7. The van der Waals surface area contributed by atoms with Crippen molar-refractivity contribution >= 4 is 50.1 Å². The summed E-state index contributed by atoms with van der Waals surface area (Å²) in [7, 11) is -1.53. The number of carbonyl (C=O) groups excluding carboxylic acids is 1. The fraction of sp³-hybridized carbons (Fsp3) is 0.429. The van der Waals surface area contributed by atoms with Crippen LogP contribution in [0.5, 0.6) is 17.5 Å². The minimum absolute atomic E-state index is 0.00800. The summed E-state index contributed by atoms with van der Waals surface area (Å²) < 4.78 is 60.8. The number of pyridine rings is 2. The van der Waals surface area contributed by atoms with E-state index in [1.807, 2.05) is 0 Å². The maximum atomic E-state index is 13.0. The van der Waals surface area contributed by atoms with E-state index >= 15 is 0 Å². The Balaban J connectivity index is 1.60. The highest BCUT2D eigenvalue weighted by Gasteiger charge is 2.35. The number of ether oxygens (including phenoxy) is 2. The molecule has 194 valence electrons. The summed E-state index contributed by atoms with van der Waals surface area (Å²) in [4.78, 5) is 25.6. The standard InChI is InChI=1S/C21H21Cl2F2N5O5S/c1-21(3-5-36(32,33)6-4-21)29-18(31)17-27-13-8-12(23)19(28-16(13)30(17)2)35-20-14(34-10-15(24)25)7-11(22)9-26-20/h7-9,15H,3-6,10H2,1-2H3,(H,29,31). The Hall–Kier alpha value is -2.77. The third-order valence-corrected chi connectivity index (χ3v) is 7.79. The van der Waals surface area contributed by atoms with E-state index in [9.17, 15) is 22.0 Å². The van der Waals surface area contributed by atoms with Crippen molar-refractivity contribution in [2.45, 2.75) is 31.7 Å². The molecule has 0 bridgehead atoms. The summed E-state index contributed by atoms with van der Waals surface area (Å²) in [5.74, 6) is -0.926. The molecular formula is C21H21Cl2F2N5O5S. The number of amides is 1. The normalized spacial score (nSPS) is 16.8. The molecule has 3 aromatic rings. The molecule has 1 amide bonds. The Morgan fingerprint density at radius 2 is 1.92 bits per heavy atom. The molecule has 4 rings (SSSR count). The Morgan fingerprint density at radius 1 is 1.22 bits per heavy atom. The molecule has 3 aromatic heterocycles. The second kappa shape index (κ2) is 9.94. The third kappa shape index (κ3) is 5.79. The molecule has 0 aliphatic carbocycles. The average Bonchev–Trinajstić information content (AvgIpc) is 3.12. The van der Waals surface area contributed by atoms with E-state index < -0.39 is 34.3 Å². The third-order valence-electron chi connectivity index (χ3n) is 5.66. The van der Waals surface area contributed by atoms with Crippen LogP contribution in [0.15, 0.2) is 18.3 Å². The molecule has 10 nitrogen and oxygen atoms in total. The molecule has 1 fully saturated rings. The Kier molecular flexibility index (Phi) is 7.26. The molecule has 0 radical (unpaired) electrons. The molecule has 1 aliphatic heterocycles. The molecule has 0 unspecified atom stereocenters. The van der Waals surface area contributed by atoms with Gasteiger partial charge in [0.15, 0.2) is 11.4 Å². The lowest BCUT2D eigenvalue weighted by Gasteiger charge is -2.34. The molecule has 0 saturated carbocycles. The van der Waals surface area contributed by atoms with Crippen LogP contribution in [0.1, 0.15) is 30.4 Å². The van der Waals surface area contributed by atoms with E-state index in [0.29, 0.717) is 5.52 Å². The molecule has 1 saturated heterocycles. The summed E-state index contributed by atoms with van der Waals surface area (Å²) in [5, 5.41) is 3.04. The topological polar surface area (TPSA) is 125 Å². The molecule has 4 heterocycles. The maximum absolute atomic E-state index is 13.0. The molecule has 0 aromatic carbocycles. The SMILES string of the molecule is Cn1c(C(=O)NC2(C)CCS(=O)(=O)CC2)nc2cc(Cl)c(Oc3ncc(Cl)cc3OCC(F)F)nc21. The summed E-state index contributed by atoms with van der Waals surface area (Å²) in [6.45, 7) is 0.889. The van der Waals surface area contributed by atoms with Gasteiger partial charge in [-0.05, 0) is 25.8 Å². The van der Waals surface area contributed by atoms with Crippen LogP contribution in [-0.4, -0.2) is 63.9 Å². The van der Waals surface area contributed by atoms with Crippen molar-refractivity contribution in [2.24, 2.45) is 7.05 Å². The summed E-state index contributed by atoms with van der Waals surface area (Å²) in [6.07, 6.45) is -0.912. The van der Waals surface area contributed by atoms with Gasteiger partial charge in [0.05, 0.1) is 16.5 Å². The van der Waals surface area contributed by atoms with Crippen LogP contribution >= 0.6 is 23.2 Å². The number of alkyl halides is 2. The van der Waals surface area contributed by atoms with Gasteiger partial charge < -0.3 is 19.4 Å². The lowest BCUT2D eigenvalue weighted by Crippen LogP contribution is -2.51. The quantitative estimate of drug-likeness (QED) is 0.460. The van der Waals surface area contributed by atoms with Crippen LogP contribution in [0.4, 0.5) is 8.78 Å². The lowest BCUT2D eigenvalue weighted by molar-refractivity contribution is 0.0803. The predicted octanol–water partition coefficient (Wildman–Crippen LogP) is 3.80. The number of fused-ring (bicyclic) bond motifs is 1. The molecule has 36 heavy (non-hydrogen) atoms. The van der Waals surface area contributed by atoms with Crippen molar-refractivity contribution < 1.29 is 31.5 Å². The predicted molar refractivity (Wildman–Crippen MR) is 128 cm³/mol. The molecule has 1 N–H and O–H groups in total. The van der Waals surface area contributed by atoms with Gasteiger partial charge in [0.2, 0.25) is 11.7 Å². The number of nitrogens with one attached hydrogen (secondary N) is 1. The van der Waals surface area contributed by atoms with Gasteiger partial charge in [-0.15, -0.1) is 0 Å². The van der Waals surface area contributed by atoms with Crippen LogP contribution in [0.2, 0.25) is 10.0 Å². The van der Waals surface area contributed by atoms with E-state index in [4.69, 9.17) is 32.7 Å². The number of rotatable bonds is 7. The van der Waals surface area contributed by atoms with Gasteiger partial charge in [-0.1, -0.05) is 23.2 Å². The van der Waals surface area contributed by atoms with Gasteiger partial charge in [0, 0.05) is 24.8 Å². The number of hydrogen-bond acceptors (Lipinski definition) is 8. The van der Waals surface area contributed by atoms with Gasteiger partial charge in [-0.2, -0.15) is 4.98 Å². The van der Waals surface area contributed by atoms with Gasteiger partial charge in [0.1, 0.15) is 27.0 Å². The number of halogens is 4. The lowest BCUT2D eigenvalue weighted by atomic mass is 9.95. The largest absolute Gasteiger partial charge is 0.482 e. The minimum Gasteiger partial charge on any atom is -0.482 e. The van der Waals surface area contributed by atoms with Crippen molar-refractivity contribution in [3.8, 4) is 17.5 Å². The molecule has 0 atom stereocenters. The first-order chi connectivity index (χ1) is 16.9. The highest BCUT2D eigenvalue weighted by molar-refractivity contribution is 7.91. The monoisotopic (exact) mass is 563 g/mol. The smallest absolute Gasteiger partial charge is 0.287 e. The fourth-order valence-electron chi connectivity index (χ4n) is 3.62. The van der Waals surface area contributed by atoms with E-state index in [1.165, 1.54) is 22.9 Å². The molecule has 15 heteroatoms. The number of hydrogen-bond donors (Lipinski definition) is 1. The average molecular weight is 564 g/mol. The van der Waals surface area contributed by atoms with Gasteiger partial charge >= 0.3 is 0 Å². The van der Waals surface area contributed by atoms with E-state index in [2.05, 4.69) is 20.3 Å². The first-order valence-corrected chi connectivity index (χ1v) is 13.2. The summed E-state index contributed by atoms with van der Waals surface area (Å²) in [5.41, 5.74) is -0.149. The van der Waals surface area contributed by atoms with Gasteiger partial charge in [-0.3, -0.25) is 4.79 Å². The zero-order chi connectivity index (χ0) is 26.3. The first kappa shape index (κ1) is 26.3. The highest BCUT2D eigenvalue weighted by Crippen LogP contribution is 2.35. The number of aryl methyl sites for hydroxylation is 1. The van der Waals surface area contributed by atoms with Crippen molar-refractivity contribution in [1.82, 2.24) is 24.8 Å². The number of nitrogens with zero attached hydrogens (tertiary/aromatic N) is 4. The van der Waals surface area contributed by atoms with Crippen LogP contribution < -0.4 is 14.8 Å². The second-order valence-electron chi connectivity index (χ2n) is 8.54. The van der Waals surface area contributed by atoms with E-state index in [1.54, 1.807) is 14.0 Å². The Morgan fingerprint density at radius 3 is 2.58 bits per heavy atom. The molecular weight excluding hydrogens is 543 g/mol. The number of imidazole rings is 1. The van der Waals surface area contributed by atoms with Crippen molar-refractivity contribution in [3.05, 3.63) is 34.2 Å². The minimum atomic E-state index is -3.10. The van der Waals surface area contributed by atoms with Gasteiger partial charge in [0.25, 0.3) is 18.2 Å². The Bertz CT molecular complexity index is 1420. The second-order valence-corrected chi connectivity index (χ2v) is 11.7. The summed E-state index contributed by atoms with van der Waals surface area (Å²) >= 11 is 12.2. The van der Waals surface area contributed by atoms with Crippen LogP contribution in [0.25, 0.3) is 11.2 Å². The van der Waals surface area contributed by atoms with Crippen LogP contribution in [0.3, 0.4) is 0 Å². The van der Waals surface area contributed by atoms with Gasteiger partial charge in [-0.25, -0.2) is 27.2 Å². The van der Waals surface area contributed by atoms with E-state index in [-0.39, 0.29) is 63.4 Å². The number of carbonyl (C=O) groups is 1. The van der Waals surface area contributed by atoms with Crippen LogP contribution in [0, 0.1) is 0 Å². The van der Waals surface area contributed by atoms with Crippen molar-refractivity contribution in [1.29, 1.82) is 0 Å². The fourth-order valence-corrected chi connectivity index (χ4v) is 5.68. The molecule has 1 aliphatic rings. The number of aromatic nitrogens is 4. The zero-order valence-electron chi connectivity index (χ0n) is 19.1. The highest BCUT2D eigenvalue weighted by atomic mass is 35.5. The Labute approximate surface area is 214 Å². The number of sulfone groups is 1. The molecule has 0 spiro atoms. The van der Waals surface area contributed by atoms with Crippen molar-refractivity contribution in [2.75, 3.05) is 18.1 Å². The summed E-state index contributed by atoms with van der Waals surface area (Å²) in [6, 6.07) is 2.70. The van der Waals surface area contributed by atoms with E-state index in [0.717, 1.165) is 0 Å². The zero-order valence-corrected chi connectivity index (χ0v) is 21.4.